The Bertz CT molecular complexity index is 298. The first kappa shape index (κ1) is 9.47. The highest BCUT2D eigenvalue weighted by Crippen LogP contribution is 2.14. The van der Waals surface area contributed by atoms with E-state index in [2.05, 4.69) is 0 Å². The molecule has 0 aliphatic rings. The lowest BCUT2D eigenvalue weighted by Crippen LogP contribution is -2.50. The van der Waals surface area contributed by atoms with Gasteiger partial charge in [-0.2, -0.15) is 0 Å². The number of rotatable bonds is 3. The second kappa shape index (κ2) is 3.40. The molecule has 1 unspecified atom stereocenters. The van der Waals surface area contributed by atoms with Gasteiger partial charge in [-0.05, 0) is 12.1 Å². The zero-order valence-electron chi connectivity index (χ0n) is 7.14. The van der Waals surface area contributed by atoms with Gasteiger partial charge in [0.05, 0.1) is 11.8 Å². The molecule has 0 spiro atoms. The number of benzene rings is 1. The van der Waals surface area contributed by atoms with E-state index < -0.39 is 10.8 Å². The molecule has 1 aromatic rings. The Morgan fingerprint density at radius 1 is 1.46 bits per heavy atom. The van der Waals surface area contributed by atoms with Gasteiger partial charge in [0.2, 0.25) is 0 Å². The number of nitrogens with two attached hydrogens (primary N) is 1. The van der Waals surface area contributed by atoms with Crippen LogP contribution in [0.1, 0.15) is 6.92 Å². The first-order valence-corrected chi connectivity index (χ1v) is 3.70. The molecule has 2 N–H and O–H groups in total. The molecule has 0 radical (unpaired) electrons. The average molecular weight is 182 g/mol. The van der Waals surface area contributed by atoms with E-state index in [1.807, 2.05) is 0 Å². The molecule has 0 saturated carbocycles. The molecule has 5 heteroatoms. The minimum Gasteiger partial charge on any atom is -0.416 e. The monoisotopic (exact) mass is 182 g/mol. The Kier molecular flexibility index (Phi) is 2.48. The van der Waals surface area contributed by atoms with Crippen molar-refractivity contribution < 1.29 is 9.66 Å². The van der Waals surface area contributed by atoms with E-state index in [-0.39, 0.29) is 0 Å². The summed E-state index contributed by atoms with van der Waals surface area (Å²) in [6.07, 6.45) is 0. The summed E-state index contributed by atoms with van der Waals surface area (Å²) in [6.45, 7) is 1.19. The van der Waals surface area contributed by atoms with Gasteiger partial charge in [0.25, 0.3) is 0 Å². The Labute approximate surface area is 75.3 Å². The highest BCUT2D eigenvalue weighted by Gasteiger charge is 2.33. The first-order chi connectivity index (χ1) is 6.02. The molecule has 0 amide bonds. The van der Waals surface area contributed by atoms with E-state index >= 15 is 0 Å². The molecule has 0 aliphatic heterocycles. The van der Waals surface area contributed by atoms with Gasteiger partial charge >= 0.3 is 5.85 Å². The molecule has 70 valence electrons. The van der Waals surface area contributed by atoms with Crippen molar-refractivity contribution in [3.63, 3.8) is 0 Å². The van der Waals surface area contributed by atoms with Crippen LogP contribution in [-0.4, -0.2) is 10.8 Å². The summed E-state index contributed by atoms with van der Waals surface area (Å²) in [5.74, 6) is -1.49. The van der Waals surface area contributed by atoms with Gasteiger partial charge in [0, 0.05) is 0 Å². The van der Waals surface area contributed by atoms with Crippen molar-refractivity contribution in [2.45, 2.75) is 12.8 Å². The van der Waals surface area contributed by atoms with E-state index in [1.165, 1.54) is 6.92 Å². The third kappa shape index (κ3) is 2.41. The highest BCUT2D eigenvalue weighted by atomic mass is 16.7. The fourth-order valence-electron chi connectivity index (χ4n) is 0.764. The van der Waals surface area contributed by atoms with Crippen LogP contribution in [0.5, 0.6) is 5.75 Å². The molecule has 5 nitrogen and oxygen atoms in total. The molecule has 0 aliphatic carbocycles. The van der Waals surface area contributed by atoms with Crippen molar-refractivity contribution in [3.05, 3.63) is 40.4 Å². The number of para-hydroxylation sites is 1. The Balaban J connectivity index is 2.75. The zero-order valence-corrected chi connectivity index (χ0v) is 7.14. The van der Waals surface area contributed by atoms with Crippen molar-refractivity contribution >= 4 is 0 Å². The largest absolute Gasteiger partial charge is 0.420 e. The van der Waals surface area contributed by atoms with Crippen LogP contribution in [0, 0.1) is 10.1 Å². The summed E-state index contributed by atoms with van der Waals surface area (Å²) >= 11 is 0. The average Bonchev–Trinajstić information content (AvgIpc) is 2.05. The van der Waals surface area contributed by atoms with Crippen molar-refractivity contribution in [2.75, 3.05) is 0 Å². The predicted molar refractivity (Wildman–Crippen MR) is 46.7 cm³/mol. The van der Waals surface area contributed by atoms with Gasteiger partial charge in [-0.3, -0.25) is 10.1 Å². The number of nitro groups is 1. The zero-order chi connectivity index (χ0) is 9.90. The Morgan fingerprint density at radius 2 is 2.00 bits per heavy atom. The molecule has 1 atom stereocenters. The van der Waals surface area contributed by atoms with Crippen molar-refractivity contribution in [3.8, 4) is 5.75 Å². The third-order valence-corrected chi connectivity index (χ3v) is 1.43. The molecule has 1 rings (SSSR count). The van der Waals surface area contributed by atoms with E-state index in [4.69, 9.17) is 10.5 Å². The second-order valence-corrected chi connectivity index (χ2v) is 2.73. The van der Waals surface area contributed by atoms with E-state index in [0.29, 0.717) is 5.75 Å². The fourth-order valence-corrected chi connectivity index (χ4v) is 0.764. The van der Waals surface area contributed by atoms with Gasteiger partial charge in [0.1, 0.15) is 5.75 Å². The topological polar surface area (TPSA) is 78.4 Å². The first-order valence-electron chi connectivity index (χ1n) is 3.70. The number of hydrogen-bond acceptors (Lipinski definition) is 4. The van der Waals surface area contributed by atoms with Crippen LogP contribution in [0.15, 0.2) is 30.3 Å². The van der Waals surface area contributed by atoms with Gasteiger partial charge < -0.3 is 4.74 Å². The Morgan fingerprint density at radius 3 is 2.46 bits per heavy atom. The number of nitrogens with zero attached hydrogens (tertiary/aromatic N) is 1. The minimum atomic E-state index is -1.87. The summed E-state index contributed by atoms with van der Waals surface area (Å²) in [7, 11) is 0. The molecule has 13 heavy (non-hydrogen) atoms. The van der Waals surface area contributed by atoms with Crippen molar-refractivity contribution in [1.29, 1.82) is 0 Å². The summed E-state index contributed by atoms with van der Waals surface area (Å²) in [6, 6.07) is 8.42. The van der Waals surface area contributed by atoms with Crippen molar-refractivity contribution in [1.82, 2.24) is 0 Å². The summed E-state index contributed by atoms with van der Waals surface area (Å²) in [5, 5.41) is 10.4. The predicted octanol–water partition coefficient (Wildman–Crippen LogP) is 0.975. The third-order valence-electron chi connectivity index (χ3n) is 1.43. The van der Waals surface area contributed by atoms with Crippen LogP contribution in [0.4, 0.5) is 0 Å². The lowest BCUT2D eigenvalue weighted by molar-refractivity contribution is -0.609. The van der Waals surface area contributed by atoms with Crippen molar-refractivity contribution in [2.24, 2.45) is 5.73 Å². The maximum Gasteiger partial charge on any atom is 0.420 e. The summed E-state index contributed by atoms with van der Waals surface area (Å²) in [5.41, 5.74) is 5.27. The van der Waals surface area contributed by atoms with E-state index in [9.17, 15) is 10.1 Å². The van der Waals surface area contributed by atoms with Gasteiger partial charge in [-0.25, -0.2) is 5.73 Å². The molecular formula is C8H10N2O3. The second-order valence-electron chi connectivity index (χ2n) is 2.73. The van der Waals surface area contributed by atoms with Crippen LogP contribution in [0.25, 0.3) is 0 Å². The molecule has 0 aromatic heterocycles. The quantitative estimate of drug-likeness (QED) is 0.429. The van der Waals surface area contributed by atoms with Crippen LogP contribution < -0.4 is 10.5 Å². The van der Waals surface area contributed by atoms with Crippen LogP contribution >= 0.6 is 0 Å². The van der Waals surface area contributed by atoms with Crippen LogP contribution in [-0.2, 0) is 0 Å². The molecular weight excluding hydrogens is 172 g/mol. The highest BCUT2D eigenvalue weighted by molar-refractivity contribution is 5.21. The number of hydrogen-bond donors (Lipinski definition) is 1. The summed E-state index contributed by atoms with van der Waals surface area (Å²) < 4.78 is 4.94. The molecule has 0 bridgehead atoms. The van der Waals surface area contributed by atoms with Gasteiger partial charge in [0.15, 0.2) is 0 Å². The van der Waals surface area contributed by atoms with Crippen LogP contribution in [0.2, 0.25) is 0 Å². The molecule has 1 aromatic carbocycles. The minimum absolute atomic E-state index is 0.379. The SMILES string of the molecule is CC(N)(Oc1ccccc1)[N+](=O)[O-]. The molecule has 0 saturated heterocycles. The van der Waals surface area contributed by atoms with E-state index in [0.717, 1.165) is 0 Å². The van der Waals surface area contributed by atoms with Crippen LogP contribution in [0.3, 0.4) is 0 Å². The smallest absolute Gasteiger partial charge is 0.416 e. The van der Waals surface area contributed by atoms with Gasteiger partial charge in [-0.1, -0.05) is 18.2 Å². The lowest BCUT2D eigenvalue weighted by atomic mass is 10.3. The van der Waals surface area contributed by atoms with Gasteiger partial charge in [-0.15, -0.1) is 0 Å². The standard InChI is InChI=1S/C8H10N2O3/c1-8(9,10(11)12)13-7-5-3-2-4-6-7/h2-6H,9H2,1H3. The van der Waals surface area contributed by atoms with E-state index in [1.54, 1.807) is 30.3 Å². The lowest BCUT2D eigenvalue weighted by Gasteiger charge is -2.16. The normalized spacial score (nSPS) is 14.6. The summed E-state index contributed by atoms with van der Waals surface area (Å²) in [4.78, 5) is 9.70. The maximum absolute atomic E-state index is 10.4. The Hall–Kier alpha value is -1.62. The fraction of sp³-hybridized carbons (Fsp3) is 0.250. The molecule has 0 heterocycles. The molecule has 0 fully saturated rings. The number of ether oxygens (including phenoxy) is 1. The maximum atomic E-state index is 10.4.